The number of aromatic amines is 1. The summed E-state index contributed by atoms with van der Waals surface area (Å²) in [5.41, 5.74) is 1.85. The van der Waals surface area contributed by atoms with Gasteiger partial charge in [-0.3, -0.25) is 19.2 Å². The number of fused-ring (bicyclic) bond motifs is 1. The summed E-state index contributed by atoms with van der Waals surface area (Å²) in [6.07, 6.45) is 1.10. The van der Waals surface area contributed by atoms with Gasteiger partial charge >= 0.3 is 0 Å². The zero-order chi connectivity index (χ0) is 27.3. The summed E-state index contributed by atoms with van der Waals surface area (Å²) in [4.78, 5) is 54.1. The van der Waals surface area contributed by atoms with Gasteiger partial charge in [0.1, 0.15) is 11.2 Å². The van der Waals surface area contributed by atoms with Crippen molar-refractivity contribution in [2.45, 2.75) is 45.6 Å². The van der Waals surface area contributed by atoms with Crippen LogP contribution in [0.5, 0.6) is 0 Å². The Kier molecular flexibility index (Phi) is 8.26. The Morgan fingerprint density at radius 2 is 1.61 bits per heavy atom. The highest BCUT2D eigenvalue weighted by molar-refractivity contribution is 6.04. The summed E-state index contributed by atoms with van der Waals surface area (Å²) in [6.45, 7) is 6.61. The van der Waals surface area contributed by atoms with Crippen LogP contribution in [0.2, 0.25) is 0 Å². The smallest absolute Gasteiger partial charge is 0.268 e. The van der Waals surface area contributed by atoms with E-state index < -0.39 is 11.4 Å². The first-order valence-corrected chi connectivity index (χ1v) is 13.0. The van der Waals surface area contributed by atoms with E-state index in [-0.39, 0.29) is 37.1 Å². The van der Waals surface area contributed by atoms with Crippen LogP contribution in [0.3, 0.4) is 0 Å². The third-order valence-electron chi connectivity index (χ3n) is 7.22. The normalized spacial score (nSPS) is 14.6. The molecule has 0 aliphatic carbocycles. The summed E-state index contributed by atoms with van der Waals surface area (Å²) in [5, 5.41) is 14.1. The van der Waals surface area contributed by atoms with Gasteiger partial charge in [0.05, 0.1) is 6.42 Å². The molecule has 1 saturated heterocycles. The maximum atomic E-state index is 13.3. The lowest BCUT2D eigenvalue weighted by atomic mass is 9.86. The van der Waals surface area contributed by atoms with Gasteiger partial charge in [-0.15, -0.1) is 0 Å². The van der Waals surface area contributed by atoms with Gasteiger partial charge in [0, 0.05) is 24.3 Å². The molecule has 0 spiro atoms. The van der Waals surface area contributed by atoms with E-state index >= 15 is 0 Å². The minimum Gasteiger partial charge on any atom is -0.354 e. The minimum absolute atomic E-state index is 0.118. The summed E-state index contributed by atoms with van der Waals surface area (Å²) in [6, 6.07) is 13.8. The van der Waals surface area contributed by atoms with E-state index in [0.717, 1.165) is 16.3 Å². The number of H-pyrrole nitrogens is 1. The van der Waals surface area contributed by atoms with Crippen LogP contribution < -0.4 is 21.3 Å². The van der Waals surface area contributed by atoms with Crippen molar-refractivity contribution in [3.8, 4) is 0 Å². The van der Waals surface area contributed by atoms with Gasteiger partial charge < -0.3 is 26.3 Å². The molecule has 1 aliphatic rings. The van der Waals surface area contributed by atoms with Gasteiger partial charge in [-0.1, -0.05) is 42.5 Å². The molecule has 0 atom stereocenters. The Balaban J connectivity index is 1.35. The Labute approximate surface area is 222 Å². The number of nitrogens with one attached hydrogen (secondary N) is 5. The molecule has 3 amide bonds. The molecule has 9 nitrogen and oxygen atoms in total. The third kappa shape index (κ3) is 5.78. The van der Waals surface area contributed by atoms with E-state index in [9.17, 15) is 19.2 Å². The number of carbonyl (C=O) groups excluding carboxylic acids is 4. The van der Waals surface area contributed by atoms with Crippen molar-refractivity contribution < 1.29 is 19.2 Å². The Morgan fingerprint density at radius 3 is 2.32 bits per heavy atom. The largest absolute Gasteiger partial charge is 0.354 e. The summed E-state index contributed by atoms with van der Waals surface area (Å²) in [7, 11) is 0. The maximum Gasteiger partial charge on any atom is 0.268 e. The molecule has 9 heteroatoms. The van der Waals surface area contributed by atoms with Crippen LogP contribution in [-0.2, 0) is 16.0 Å². The third-order valence-corrected chi connectivity index (χ3v) is 7.22. The second-order valence-corrected chi connectivity index (χ2v) is 9.89. The van der Waals surface area contributed by atoms with Crippen LogP contribution >= 0.6 is 0 Å². The number of aryl methyl sites for hydroxylation is 1. The van der Waals surface area contributed by atoms with Crippen LogP contribution in [0.25, 0.3) is 10.8 Å². The van der Waals surface area contributed by atoms with E-state index in [4.69, 9.17) is 0 Å². The van der Waals surface area contributed by atoms with Crippen molar-refractivity contribution in [1.29, 1.82) is 0 Å². The summed E-state index contributed by atoms with van der Waals surface area (Å²) < 4.78 is 0. The van der Waals surface area contributed by atoms with Gasteiger partial charge in [0.15, 0.2) is 5.78 Å². The lowest BCUT2D eigenvalue weighted by Gasteiger charge is -2.37. The number of piperidine rings is 1. The molecule has 38 heavy (non-hydrogen) atoms. The lowest BCUT2D eigenvalue weighted by Crippen LogP contribution is -2.63. The van der Waals surface area contributed by atoms with Gasteiger partial charge in [-0.2, -0.15) is 0 Å². The zero-order valence-corrected chi connectivity index (χ0v) is 22.1. The SMILES string of the molecule is CC(=O)c1c(C)[nH]c(C(=O)NC2(C(=O)NCCNC(=O)Cc3cccc4ccccc34)CCNCC2)c1C. The monoisotopic (exact) mass is 517 g/mol. The molecule has 0 saturated carbocycles. The highest BCUT2D eigenvalue weighted by Crippen LogP contribution is 2.23. The second-order valence-electron chi connectivity index (χ2n) is 9.89. The highest BCUT2D eigenvalue weighted by Gasteiger charge is 2.41. The van der Waals surface area contributed by atoms with Crippen LogP contribution in [-0.4, -0.2) is 60.2 Å². The van der Waals surface area contributed by atoms with Crippen molar-refractivity contribution in [3.63, 3.8) is 0 Å². The van der Waals surface area contributed by atoms with Crippen molar-refractivity contribution >= 4 is 34.3 Å². The quantitative estimate of drug-likeness (QED) is 0.220. The first-order valence-electron chi connectivity index (χ1n) is 13.0. The fourth-order valence-corrected chi connectivity index (χ4v) is 5.28. The fourth-order valence-electron chi connectivity index (χ4n) is 5.28. The number of hydrogen-bond donors (Lipinski definition) is 5. The number of rotatable bonds is 9. The van der Waals surface area contributed by atoms with Gasteiger partial charge in [0.25, 0.3) is 5.91 Å². The summed E-state index contributed by atoms with van der Waals surface area (Å²) in [5.74, 6) is -0.951. The number of Topliss-reactive ketones (excluding diaryl/α,β-unsaturated/α-hetero) is 1. The van der Waals surface area contributed by atoms with Crippen LogP contribution in [0.15, 0.2) is 42.5 Å². The first kappa shape index (κ1) is 27.1. The van der Waals surface area contributed by atoms with Gasteiger partial charge in [-0.05, 0) is 68.6 Å². The van der Waals surface area contributed by atoms with Gasteiger partial charge in [-0.25, -0.2) is 0 Å². The van der Waals surface area contributed by atoms with E-state index in [0.29, 0.717) is 48.4 Å². The topological polar surface area (TPSA) is 132 Å². The van der Waals surface area contributed by atoms with Crippen LogP contribution in [0, 0.1) is 13.8 Å². The molecule has 3 aromatic rings. The lowest BCUT2D eigenvalue weighted by molar-refractivity contribution is -0.128. The molecule has 0 radical (unpaired) electrons. The molecule has 5 N–H and O–H groups in total. The molecule has 0 unspecified atom stereocenters. The number of benzene rings is 2. The summed E-state index contributed by atoms with van der Waals surface area (Å²) >= 11 is 0. The molecule has 2 aromatic carbocycles. The molecule has 1 aromatic heterocycles. The maximum absolute atomic E-state index is 13.3. The molecule has 4 rings (SSSR count). The van der Waals surface area contributed by atoms with Crippen molar-refractivity contribution in [2.75, 3.05) is 26.2 Å². The Bertz CT molecular complexity index is 1370. The van der Waals surface area contributed by atoms with Crippen molar-refractivity contribution in [1.82, 2.24) is 26.3 Å². The number of carbonyl (C=O) groups is 4. The van der Waals surface area contributed by atoms with E-state index in [1.54, 1.807) is 13.8 Å². The molecule has 2 heterocycles. The molecular formula is C29H35N5O4. The Morgan fingerprint density at radius 1 is 0.921 bits per heavy atom. The van der Waals surface area contributed by atoms with Crippen molar-refractivity contribution in [3.05, 3.63) is 70.5 Å². The minimum atomic E-state index is -1.09. The Hall–Kier alpha value is -3.98. The molecule has 1 fully saturated rings. The average molecular weight is 518 g/mol. The average Bonchev–Trinajstić information content (AvgIpc) is 3.21. The van der Waals surface area contributed by atoms with Crippen LogP contribution in [0.4, 0.5) is 0 Å². The fraction of sp³-hybridized carbons (Fsp3) is 0.379. The first-order chi connectivity index (χ1) is 18.2. The van der Waals surface area contributed by atoms with Crippen LogP contribution in [0.1, 0.15) is 57.4 Å². The number of hydrogen-bond acceptors (Lipinski definition) is 5. The molecule has 1 aliphatic heterocycles. The number of aromatic nitrogens is 1. The number of amides is 3. The molecule has 0 bridgehead atoms. The predicted molar refractivity (Wildman–Crippen MR) is 146 cm³/mol. The second kappa shape index (κ2) is 11.6. The molecule has 200 valence electrons. The molecular weight excluding hydrogens is 482 g/mol. The van der Waals surface area contributed by atoms with Gasteiger partial charge in [0.2, 0.25) is 11.8 Å². The van der Waals surface area contributed by atoms with E-state index in [2.05, 4.69) is 26.3 Å². The standard InChI is InChI=1S/C29H35N5O4/c1-18-25(20(3)35)19(2)33-26(18)27(37)34-29(11-13-30-14-12-29)28(38)32-16-15-31-24(36)17-22-9-6-8-21-7-4-5-10-23(21)22/h4-10,30,33H,11-17H2,1-3H3,(H,31,36)(H,32,38)(H,34,37). The predicted octanol–water partition coefficient (Wildman–Crippen LogP) is 2.31. The van der Waals surface area contributed by atoms with Crippen molar-refractivity contribution in [2.24, 2.45) is 0 Å². The highest BCUT2D eigenvalue weighted by atomic mass is 16.2. The number of ketones is 1. The zero-order valence-electron chi connectivity index (χ0n) is 22.1. The van der Waals surface area contributed by atoms with E-state index in [1.807, 2.05) is 42.5 Å². The van der Waals surface area contributed by atoms with E-state index in [1.165, 1.54) is 6.92 Å².